The van der Waals surface area contributed by atoms with Gasteiger partial charge in [-0.05, 0) is 20.8 Å². The van der Waals surface area contributed by atoms with Crippen LogP contribution >= 0.6 is 0 Å². The molecule has 0 atom stereocenters. The second-order valence-corrected chi connectivity index (χ2v) is 6.27. The van der Waals surface area contributed by atoms with Crippen LogP contribution in [0, 0.1) is 0 Å². The van der Waals surface area contributed by atoms with Crippen LogP contribution in [0.3, 0.4) is 0 Å². The van der Waals surface area contributed by atoms with Crippen molar-refractivity contribution in [2.75, 3.05) is 19.8 Å². The lowest BCUT2D eigenvalue weighted by Gasteiger charge is -2.32. The zero-order valence-corrected chi connectivity index (χ0v) is 12.0. The fourth-order valence-electron chi connectivity index (χ4n) is 2.06. The third kappa shape index (κ3) is 3.99. The van der Waals surface area contributed by atoms with Crippen molar-refractivity contribution in [1.29, 1.82) is 0 Å². The van der Waals surface area contributed by atoms with Crippen molar-refractivity contribution < 1.29 is 9.84 Å². The Morgan fingerprint density at radius 3 is 2.68 bits per heavy atom. The van der Waals surface area contributed by atoms with Crippen LogP contribution in [0.25, 0.3) is 0 Å². The Morgan fingerprint density at radius 2 is 2.11 bits per heavy atom. The molecule has 2 N–H and O–H groups in total. The lowest BCUT2D eigenvalue weighted by Crippen LogP contribution is -2.44. The van der Waals surface area contributed by atoms with E-state index in [1.807, 2.05) is 10.9 Å². The molecular formula is C13H24N4O2. The van der Waals surface area contributed by atoms with E-state index in [-0.39, 0.29) is 5.54 Å². The summed E-state index contributed by atoms with van der Waals surface area (Å²) >= 11 is 0. The van der Waals surface area contributed by atoms with Gasteiger partial charge in [0.15, 0.2) is 0 Å². The number of nitrogens with one attached hydrogen (secondary N) is 1. The predicted molar refractivity (Wildman–Crippen MR) is 71.7 cm³/mol. The quantitative estimate of drug-likeness (QED) is 0.839. The number of rotatable bonds is 4. The van der Waals surface area contributed by atoms with Crippen LogP contribution < -0.4 is 5.32 Å². The van der Waals surface area contributed by atoms with E-state index in [0.717, 1.165) is 5.69 Å². The highest BCUT2D eigenvalue weighted by Gasteiger charge is 2.29. The maximum absolute atomic E-state index is 10.3. The summed E-state index contributed by atoms with van der Waals surface area (Å²) in [4.78, 5) is 0. The molecule has 6 nitrogen and oxygen atoms in total. The van der Waals surface area contributed by atoms with Crippen LogP contribution in [0.15, 0.2) is 6.20 Å². The van der Waals surface area contributed by atoms with Crippen LogP contribution in [0.2, 0.25) is 0 Å². The van der Waals surface area contributed by atoms with Crippen molar-refractivity contribution in [3.8, 4) is 0 Å². The molecule has 1 fully saturated rings. The van der Waals surface area contributed by atoms with Crippen molar-refractivity contribution in [2.45, 2.75) is 51.3 Å². The van der Waals surface area contributed by atoms with Gasteiger partial charge in [0.2, 0.25) is 0 Å². The maximum atomic E-state index is 10.3. The Labute approximate surface area is 114 Å². The van der Waals surface area contributed by atoms with Gasteiger partial charge in [-0.25, -0.2) is 4.68 Å². The van der Waals surface area contributed by atoms with E-state index in [2.05, 4.69) is 36.4 Å². The Balaban J connectivity index is 1.81. The van der Waals surface area contributed by atoms with E-state index >= 15 is 0 Å². The van der Waals surface area contributed by atoms with Gasteiger partial charge in [0, 0.05) is 39.1 Å². The summed E-state index contributed by atoms with van der Waals surface area (Å²) in [5.74, 6) is 0. The first kappa shape index (κ1) is 14.4. The molecule has 0 amide bonds. The summed E-state index contributed by atoms with van der Waals surface area (Å²) in [6.45, 7) is 8.73. The molecule has 108 valence electrons. The molecule has 0 radical (unpaired) electrons. The van der Waals surface area contributed by atoms with E-state index in [1.165, 1.54) is 0 Å². The third-order valence-electron chi connectivity index (χ3n) is 3.41. The zero-order chi connectivity index (χ0) is 13.9. The van der Waals surface area contributed by atoms with Crippen molar-refractivity contribution in [1.82, 2.24) is 20.3 Å². The molecule has 1 aliphatic rings. The second-order valence-electron chi connectivity index (χ2n) is 6.27. The average molecular weight is 268 g/mol. The van der Waals surface area contributed by atoms with Gasteiger partial charge in [0.25, 0.3) is 0 Å². The molecule has 6 heteroatoms. The lowest BCUT2D eigenvalue weighted by molar-refractivity contribution is -0.0617. The summed E-state index contributed by atoms with van der Waals surface area (Å²) in [7, 11) is 0. The highest BCUT2D eigenvalue weighted by molar-refractivity contribution is 4.95. The molecule has 0 aliphatic carbocycles. The Hall–Kier alpha value is -0.980. The number of hydrogen-bond donors (Lipinski definition) is 2. The first-order valence-electron chi connectivity index (χ1n) is 6.82. The van der Waals surface area contributed by atoms with Gasteiger partial charge in [0.05, 0.1) is 23.0 Å². The van der Waals surface area contributed by atoms with Crippen molar-refractivity contribution in [3.63, 3.8) is 0 Å². The Bertz CT molecular complexity index is 405. The van der Waals surface area contributed by atoms with Crippen LogP contribution in [-0.2, 0) is 16.8 Å². The smallest absolute Gasteiger partial charge is 0.0965 e. The minimum Gasteiger partial charge on any atom is -0.388 e. The minimum absolute atomic E-state index is 0.0514. The minimum atomic E-state index is -0.641. The summed E-state index contributed by atoms with van der Waals surface area (Å²) < 4.78 is 7.11. The molecule has 0 unspecified atom stereocenters. The number of nitrogens with zero attached hydrogens (tertiary/aromatic N) is 3. The molecule has 0 spiro atoms. The molecule has 0 saturated carbocycles. The Morgan fingerprint density at radius 1 is 1.42 bits per heavy atom. The monoisotopic (exact) mass is 268 g/mol. The maximum Gasteiger partial charge on any atom is 0.0965 e. The van der Waals surface area contributed by atoms with Gasteiger partial charge in [-0.15, -0.1) is 5.10 Å². The summed E-state index contributed by atoms with van der Waals surface area (Å²) in [6.07, 6.45) is 3.32. The topological polar surface area (TPSA) is 72.2 Å². The second kappa shape index (κ2) is 5.56. The Kier molecular flexibility index (Phi) is 4.23. The van der Waals surface area contributed by atoms with E-state index in [0.29, 0.717) is 39.1 Å². The molecule has 2 rings (SSSR count). The summed E-state index contributed by atoms with van der Waals surface area (Å²) in [5.41, 5.74) is 0.202. The van der Waals surface area contributed by atoms with Gasteiger partial charge in [-0.1, -0.05) is 5.21 Å². The van der Waals surface area contributed by atoms with Crippen LogP contribution in [0.5, 0.6) is 0 Å². The summed E-state index contributed by atoms with van der Waals surface area (Å²) in [6, 6.07) is 0. The number of aliphatic hydroxyl groups is 1. The molecule has 1 aliphatic heterocycles. The van der Waals surface area contributed by atoms with Gasteiger partial charge >= 0.3 is 0 Å². The average Bonchev–Trinajstić information content (AvgIpc) is 2.78. The largest absolute Gasteiger partial charge is 0.388 e. The fraction of sp³-hybridized carbons (Fsp3) is 0.846. The van der Waals surface area contributed by atoms with Crippen molar-refractivity contribution >= 4 is 0 Å². The summed E-state index contributed by atoms with van der Waals surface area (Å²) in [5, 5.41) is 21.8. The molecular weight excluding hydrogens is 244 g/mol. The first-order valence-corrected chi connectivity index (χ1v) is 6.82. The van der Waals surface area contributed by atoms with Crippen molar-refractivity contribution in [2.24, 2.45) is 0 Å². The van der Waals surface area contributed by atoms with Crippen LogP contribution in [0.4, 0.5) is 0 Å². The molecule has 2 heterocycles. The number of ether oxygens (including phenoxy) is 1. The highest BCUT2D eigenvalue weighted by atomic mass is 16.5. The van der Waals surface area contributed by atoms with E-state index in [4.69, 9.17) is 4.74 Å². The molecule has 0 aromatic carbocycles. The first-order chi connectivity index (χ1) is 8.89. The molecule has 0 bridgehead atoms. The normalized spacial score (nSPS) is 19.6. The third-order valence-corrected chi connectivity index (χ3v) is 3.41. The number of aromatic nitrogens is 3. The van der Waals surface area contributed by atoms with Gasteiger partial charge in [0.1, 0.15) is 0 Å². The van der Waals surface area contributed by atoms with Crippen molar-refractivity contribution in [3.05, 3.63) is 11.9 Å². The number of hydrogen-bond acceptors (Lipinski definition) is 5. The molecule has 1 aromatic heterocycles. The van der Waals surface area contributed by atoms with E-state index < -0.39 is 5.60 Å². The van der Waals surface area contributed by atoms with Crippen LogP contribution in [-0.4, -0.2) is 45.5 Å². The molecule has 19 heavy (non-hydrogen) atoms. The fourth-order valence-corrected chi connectivity index (χ4v) is 2.06. The van der Waals surface area contributed by atoms with E-state index in [1.54, 1.807) is 0 Å². The van der Waals surface area contributed by atoms with Gasteiger partial charge in [-0.3, -0.25) is 0 Å². The molecule has 1 aromatic rings. The highest BCUT2D eigenvalue weighted by Crippen LogP contribution is 2.19. The predicted octanol–water partition coefficient (Wildman–Crippen LogP) is 0.664. The zero-order valence-electron chi connectivity index (χ0n) is 12.0. The van der Waals surface area contributed by atoms with E-state index in [9.17, 15) is 5.11 Å². The van der Waals surface area contributed by atoms with Crippen LogP contribution in [0.1, 0.15) is 39.3 Å². The lowest BCUT2D eigenvalue weighted by atomic mass is 9.94. The molecule has 1 saturated heterocycles. The standard InChI is InChI=1S/C13H24N4O2/c1-12(2,3)17-9-11(15-16-17)8-14-10-13(18)4-6-19-7-5-13/h9,14,18H,4-8,10H2,1-3H3. The SMILES string of the molecule is CC(C)(C)n1cc(CNCC2(O)CCOCC2)nn1. The van der Waals surface area contributed by atoms with Gasteiger partial charge in [-0.2, -0.15) is 0 Å². The van der Waals surface area contributed by atoms with Gasteiger partial charge < -0.3 is 15.2 Å².